The van der Waals surface area contributed by atoms with E-state index in [1.54, 1.807) is 12.1 Å². The summed E-state index contributed by atoms with van der Waals surface area (Å²) in [7, 11) is 0. The molecule has 0 fully saturated rings. The molecule has 0 atom stereocenters. The van der Waals surface area contributed by atoms with E-state index in [0.29, 0.717) is 18.3 Å². The smallest absolute Gasteiger partial charge is 0.356 e. The number of Topliss-reactive ketones (excluding diaryl/α,β-unsaturated/α-hetero) is 1. The lowest BCUT2D eigenvalue weighted by Gasteiger charge is -2.02. The molecule has 0 aliphatic heterocycles. The van der Waals surface area contributed by atoms with Gasteiger partial charge in [0, 0.05) is 0 Å². The lowest BCUT2D eigenvalue weighted by molar-refractivity contribution is -0.648. The number of anilines is 1. The number of rotatable bonds is 5. The lowest BCUT2D eigenvalue weighted by atomic mass is 10.2. The number of nitrogens with two attached hydrogens (primary N) is 1. The predicted molar refractivity (Wildman–Crippen MR) is 95.1 cm³/mol. The van der Waals surface area contributed by atoms with Crippen molar-refractivity contribution in [3.63, 3.8) is 0 Å². The summed E-state index contributed by atoms with van der Waals surface area (Å²) in [6.45, 7) is 0.788. The molecule has 0 saturated heterocycles. The van der Waals surface area contributed by atoms with Gasteiger partial charge in [-0.3, -0.25) is 10.5 Å². The van der Waals surface area contributed by atoms with Crippen molar-refractivity contribution in [2.75, 3.05) is 5.73 Å². The van der Waals surface area contributed by atoms with E-state index in [1.807, 2.05) is 51.6 Å². The van der Waals surface area contributed by atoms with E-state index in [0.717, 1.165) is 16.6 Å². The van der Waals surface area contributed by atoms with Gasteiger partial charge in [-0.05, 0) is 29.8 Å². The fourth-order valence-electron chi connectivity index (χ4n) is 3.07. The zero-order chi connectivity index (χ0) is 17.2. The van der Waals surface area contributed by atoms with Gasteiger partial charge in [0.15, 0.2) is 5.76 Å². The molecule has 0 amide bonds. The van der Waals surface area contributed by atoms with Crippen LogP contribution in [0, 0.1) is 0 Å². The fraction of sp³-hybridized carbons (Fsp3) is 0.100. The summed E-state index contributed by atoms with van der Waals surface area (Å²) in [5, 5.41) is 0. The maximum Gasteiger partial charge on any atom is 0.356 e. The van der Waals surface area contributed by atoms with Crippen LogP contribution in [-0.4, -0.2) is 10.4 Å². The number of benzene rings is 2. The molecule has 2 aromatic heterocycles. The Morgan fingerprint density at radius 2 is 1.76 bits per heavy atom. The standard InChI is InChI=1S/C20H17N3O2/c21-20-22(13-15-7-2-1-3-8-15)16-9-4-5-10-17(16)23(20)14-18(24)19-11-6-12-25-19/h1-12,21H,13-14H2/p+1. The number of para-hydroxylation sites is 2. The summed E-state index contributed by atoms with van der Waals surface area (Å²) in [6.07, 6.45) is 1.50. The molecule has 2 N–H and O–H groups in total. The number of nitrogens with zero attached hydrogens (tertiary/aromatic N) is 2. The first-order chi connectivity index (χ1) is 12.2. The molecule has 0 radical (unpaired) electrons. The molecular weight excluding hydrogens is 314 g/mol. The second-order valence-corrected chi connectivity index (χ2v) is 5.91. The number of fused-ring (bicyclic) bond motifs is 1. The maximum absolute atomic E-state index is 12.5. The van der Waals surface area contributed by atoms with Crippen LogP contribution >= 0.6 is 0 Å². The summed E-state index contributed by atoms with van der Waals surface area (Å²) in [4.78, 5) is 12.5. The second kappa shape index (κ2) is 6.28. The number of carbonyl (C=O) groups excluding carboxylic acids is 1. The Morgan fingerprint density at radius 3 is 2.52 bits per heavy atom. The second-order valence-electron chi connectivity index (χ2n) is 5.91. The zero-order valence-electron chi connectivity index (χ0n) is 13.6. The van der Waals surface area contributed by atoms with Gasteiger partial charge in [-0.1, -0.05) is 42.5 Å². The molecule has 5 nitrogen and oxygen atoms in total. The Hall–Kier alpha value is -3.34. The third-order valence-electron chi connectivity index (χ3n) is 4.30. The van der Waals surface area contributed by atoms with Gasteiger partial charge in [-0.15, -0.1) is 0 Å². The third-order valence-corrected chi connectivity index (χ3v) is 4.30. The molecule has 4 aromatic rings. The van der Waals surface area contributed by atoms with E-state index < -0.39 is 0 Å². The lowest BCUT2D eigenvalue weighted by Crippen LogP contribution is -2.37. The molecule has 4 rings (SSSR count). The van der Waals surface area contributed by atoms with Crippen molar-refractivity contribution in [1.82, 2.24) is 4.57 Å². The number of hydrogen-bond acceptors (Lipinski definition) is 3. The van der Waals surface area contributed by atoms with Gasteiger partial charge in [0.05, 0.1) is 12.8 Å². The molecule has 2 aromatic carbocycles. The van der Waals surface area contributed by atoms with Crippen LogP contribution in [0.5, 0.6) is 0 Å². The van der Waals surface area contributed by atoms with Crippen LogP contribution in [0.2, 0.25) is 0 Å². The monoisotopic (exact) mass is 332 g/mol. The van der Waals surface area contributed by atoms with Crippen LogP contribution in [0.15, 0.2) is 77.4 Å². The molecule has 0 unspecified atom stereocenters. The zero-order valence-corrected chi connectivity index (χ0v) is 13.6. The normalized spacial score (nSPS) is 11.0. The molecule has 124 valence electrons. The van der Waals surface area contributed by atoms with Crippen molar-refractivity contribution < 1.29 is 13.8 Å². The van der Waals surface area contributed by atoms with E-state index in [-0.39, 0.29) is 12.3 Å². The number of hydrogen-bond donors (Lipinski definition) is 1. The van der Waals surface area contributed by atoms with E-state index in [4.69, 9.17) is 10.2 Å². The topological polar surface area (TPSA) is 65.0 Å². The summed E-state index contributed by atoms with van der Waals surface area (Å²) in [5.74, 6) is 0.779. The van der Waals surface area contributed by atoms with Crippen molar-refractivity contribution in [2.45, 2.75) is 13.1 Å². The molecule has 0 aliphatic carbocycles. The highest BCUT2D eigenvalue weighted by Gasteiger charge is 2.23. The Labute approximate surface area is 144 Å². The summed E-state index contributed by atoms with van der Waals surface area (Å²) < 4.78 is 9.08. The van der Waals surface area contributed by atoms with Gasteiger partial charge in [0.25, 0.3) is 0 Å². The van der Waals surface area contributed by atoms with Crippen molar-refractivity contribution in [3.05, 3.63) is 84.3 Å². The molecule has 2 heterocycles. The number of nitrogen functional groups attached to an aromatic ring is 1. The highest BCUT2D eigenvalue weighted by atomic mass is 16.3. The molecule has 0 aliphatic rings. The summed E-state index contributed by atoms with van der Waals surface area (Å²) in [6, 6.07) is 21.4. The first-order valence-electron chi connectivity index (χ1n) is 8.11. The minimum Gasteiger partial charge on any atom is -0.461 e. The van der Waals surface area contributed by atoms with Gasteiger partial charge in [0.1, 0.15) is 17.6 Å². The van der Waals surface area contributed by atoms with E-state index >= 15 is 0 Å². The Kier molecular flexibility index (Phi) is 3.82. The minimum absolute atomic E-state index is 0.107. The highest BCUT2D eigenvalue weighted by Crippen LogP contribution is 2.18. The van der Waals surface area contributed by atoms with Crippen LogP contribution in [0.1, 0.15) is 16.1 Å². The third kappa shape index (κ3) is 2.80. The quantitative estimate of drug-likeness (QED) is 0.451. The van der Waals surface area contributed by atoms with Crippen molar-refractivity contribution in [1.29, 1.82) is 0 Å². The number of furan rings is 1. The summed E-state index contributed by atoms with van der Waals surface area (Å²) in [5.41, 5.74) is 9.48. The average molecular weight is 332 g/mol. The molecule has 0 bridgehead atoms. The largest absolute Gasteiger partial charge is 0.461 e. The van der Waals surface area contributed by atoms with Gasteiger partial charge in [0.2, 0.25) is 5.78 Å². The van der Waals surface area contributed by atoms with Gasteiger partial charge in [-0.25, -0.2) is 9.13 Å². The molecule has 5 heteroatoms. The first kappa shape index (κ1) is 15.2. The maximum atomic E-state index is 12.5. The van der Waals surface area contributed by atoms with E-state index in [1.165, 1.54) is 6.26 Å². The van der Waals surface area contributed by atoms with Crippen LogP contribution in [-0.2, 0) is 13.1 Å². The fourth-order valence-corrected chi connectivity index (χ4v) is 3.07. The number of aromatic nitrogens is 2. The van der Waals surface area contributed by atoms with Crippen LogP contribution in [0.3, 0.4) is 0 Å². The van der Waals surface area contributed by atoms with Crippen molar-refractivity contribution >= 4 is 22.8 Å². The molecule has 0 spiro atoms. The molecule has 25 heavy (non-hydrogen) atoms. The highest BCUT2D eigenvalue weighted by molar-refractivity contribution is 5.94. The van der Waals surface area contributed by atoms with E-state index in [2.05, 4.69) is 12.1 Å². The number of imidazole rings is 1. The van der Waals surface area contributed by atoms with Crippen LogP contribution in [0.25, 0.3) is 11.0 Å². The summed E-state index contributed by atoms with van der Waals surface area (Å²) >= 11 is 0. The van der Waals surface area contributed by atoms with Crippen molar-refractivity contribution in [2.24, 2.45) is 0 Å². The number of ketones is 1. The first-order valence-corrected chi connectivity index (χ1v) is 8.11. The molecular formula is C20H18N3O2+. The molecule has 0 saturated carbocycles. The predicted octanol–water partition coefficient (Wildman–Crippen LogP) is 3.04. The SMILES string of the molecule is Nc1n(CC(=O)c2ccco2)c2ccccc2[n+]1Cc1ccccc1. The van der Waals surface area contributed by atoms with Crippen molar-refractivity contribution in [3.8, 4) is 0 Å². The van der Waals surface area contributed by atoms with Gasteiger partial charge in [-0.2, -0.15) is 0 Å². The van der Waals surface area contributed by atoms with Crippen LogP contribution < -0.4 is 10.3 Å². The van der Waals surface area contributed by atoms with Crippen LogP contribution in [0.4, 0.5) is 5.95 Å². The average Bonchev–Trinajstić information content (AvgIpc) is 3.26. The number of carbonyl (C=O) groups is 1. The Morgan fingerprint density at radius 1 is 1.00 bits per heavy atom. The van der Waals surface area contributed by atoms with Gasteiger partial charge >= 0.3 is 5.95 Å². The van der Waals surface area contributed by atoms with Gasteiger partial charge < -0.3 is 4.42 Å². The minimum atomic E-state index is -0.107. The Bertz CT molecular complexity index is 1020. The Balaban J connectivity index is 1.77. The van der Waals surface area contributed by atoms with E-state index in [9.17, 15) is 4.79 Å².